The third-order valence-corrected chi connectivity index (χ3v) is 2.31. The summed E-state index contributed by atoms with van der Waals surface area (Å²) < 4.78 is 13.5. The van der Waals surface area contributed by atoms with E-state index in [4.69, 9.17) is 5.11 Å². The average molecular weight is 239 g/mol. The van der Waals surface area contributed by atoms with Gasteiger partial charge in [0.1, 0.15) is 0 Å². The van der Waals surface area contributed by atoms with E-state index < -0.39 is 17.5 Å². The molecular weight excluding hydrogens is 225 g/mol. The van der Waals surface area contributed by atoms with E-state index in [2.05, 4.69) is 0 Å². The van der Waals surface area contributed by atoms with Gasteiger partial charge >= 0.3 is 5.97 Å². The second-order valence-corrected chi connectivity index (χ2v) is 4.16. The number of carbonyl (C=O) groups is 2. The Hall–Kier alpha value is -1.91. The number of hydrogen-bond acceptors (Lipinski definition) is 2. The first-order chi connectivity index (χ1) is 7.75. The summed E-state index contributed by atoms with van der Waals surface area (Å²) in [5, 5.41) is 8.97. The summed E-state index contributed by atoms with van der Waals surface area (Å²) in [5.41, 5.74) is -1.90. The zero-order valence-electron chi connectivity index (χ0n) is 9.90. The van der Waals surface area contributed by atoms with E-state index in [1.807, 2.05) is 0 Å². The van der Waals surface area contributed by atoms with Crippen LogP contribution < -0.4 is 4.90 Å². The van der Waals surface area contributed by atoms with E-state index >= 15 is 0 Å². The summed E-state index contributed by atoms with van der Waals surface area (Å²) in [6, 6.07) is 5.97. The maximum atomic E-state index is 13.5. The van der Waals surface area contributed by atoms with E-state index in [0.717, 1.165) is 18.7 Å². The van der Waals surface area contributed by atoms with Crippen LogP contribution in [0.5, 0.6) is 0 Å². The first-order valence-corrected chi connectivity index (χ1v) is 5.04. The molecule has 0 bridgehead atoms. The van der Waals surface area contributed by atoms with Gasteiger partial charge in [0.25, 0.3) is 5.91 Å². The molecule has 1 rings (SSSR count). The van der Waals surface area contributed by atoms with Crippen molar-refractivity contribution in [2.24, 2.45) is 0 Å². The monoisotopic (exact) mass is 239 g/mol. The number of aromatic carboxylic acids is 1. The minimum atomic E-state index is -2.04. The molecular formula is C12H14FNO3. The predicted molar refractivity (Wildman–Crippen MR) is 62.0 cm³/mol. The summed E-state index contributed by atoms with van der Waals surface area (Å²) in [4.78, 5) is 23.7. The van der Waals surface area contributed by atoms with Crippen LogP contribution in [0.15, 0.2) is 24.3 Å². The number of hydrogen-bond donors (Lipinski definition) is 1. The number of nitrogens with zero attached hydrogens (tertiary/aromatic N) is 1. The number of carboxylic acid groups (broad SMARTS) is 1. The molecule has 0 fully saturated rings. The fourth-order valence-electron chi connectivity index (χ4n) is 1.46. The highest BCUT2D eigenvalue weighted by molar-refractivity contribution is 6.04. The van der Waals surface area contributed by atoms with Crippen molar-refractivity contribution in [3.05, 3.63) is 29.8 Å². The summed E-state index contributed by atoms with van der Waals surface area (Å²) in [7, 11) is 1.35. The van der Waals surface area contributed by atoms with Crippen molar-refractivity contribution < 1.29 is 19.1 Å². The van der Waals surface area contributed by atoms with E-state index in [1.165, 1.54) is 19.2 Å². The quantitative estimate of drug-likeness (QED) is 0.878. The number of amides is 1. The van der Waals surface area contributed by atoms with Gasteiger partial charge in [-0.25, -0.2) is 9.18 Å². The highest BCUT2D eigenvalue weighted by atomic mass is 19.1. The summed E-state index contributed by atoms with van der Waals surface area (Å²) in [5.74, 6) is -1.94. The van der Waals surface area contributed by atoms with Crippen LogP contribution in [0.2, 0.25) is 0 Å². The Morgan fingerprint density at radius 1 is 1.29 bits per heavy atom. The van der Waals surface area contributed by atoms with E-state index in [-0.39, 0.29) is 11.3 Å². The van der Waals surface area contributed by atoms with Crippen LogP contribution in [-0.2, 0) is 4.79 Å². The van der Waals surface area contributed by atoms with Crippen LogP contribution >= 0.6 is 0 Å². The predicted octanol–water partition coefficient (Wildman–Crippen LogP) is 2.10. The van der Waals surface area contributed by atoms with Crippen LogP contribution in [0, 0.1) is 0 Å². The molecule has 0 saturated heterocycles. The van der Waals surface area contributed by atoms with Crippen LogP contribution in [0.3, 0.4) is 0 Å². The molecule has 0 aliphatic heterocycles. The van der Waals surface area contributed by atoms with Gasteiger partial charge in [-0.05, 0) is 26.0 Å². The molecule has 1 amide bonds. The van der Waals surface area contributed by atoms with Gasteiger partial charge in [-0.2, -0.15) is 0 Å². The molecule has 0 radical (unpaired) electrons. The Bertz CT molecular complexity index is 451. The largest absolute Gasteiger partial charge is 0.478 e. The number of halogens is 1. The smallest absolute Gasteiger partial charge is 0.337 e. The Kier molecular flexibility index (Phi) is 3.50. The van der Waals surface area contributed by atoms with Crippen LogP contribution in [0.1, 0.15) is 24.2 Å². The van der Waals surface area contributed by atoms with Gasteiger partial charge in [0.15, 0.2) is 5.67 Å². The van der Waals surface area contributed by atoms with Crippen molar-refractivity contribution in [1.29, 1.82) is 0 Å². The molecule has 0 unspecified atom stereocenters. The standard InChI is InChI=1S/C12H14FNO3/c1-12(2,13)11(17)14(3)9-7-5-4-6-8(9)10(15)16/h4-7H,1-3H3,(H,15,16). The maximum Gasteiger partial charge on any atom is 0.337 e. The molecule has 1 aromatic carbocycles. The topological polar surface area (TPSA) is 57.6 Å². The Labute approximate surface area is 98.7 Å². The van der Waals surface area contributed by atoms with Gasteiger partial charge in [0, 0.05) is 7.05 Å². The number of carboxylic acids is 1. The van der Waals surface area contributed by atoms with Crippen LogP contribution in [0.4, 0.5) is 10.1 Å². The van der Waals surface area contributed by atoms with Crippen LogP contribution in [0.25, 0.3) is 0 Å². The number of alkyl halides is 1. The molecule has 0 heterocycles. The van der Waals surface area contributed by atoms with Crippen LogP contribution in [-0.4, -0.2) is 29.7 Å². The van der Waals surface area contributed by atoms with Crippen molar-refractivity contribution in [3.63, 3.8) is 0 Å². The lowest BCUT2D eigenvalue weighted by Crippen LogP contribution is -2.40. The third kappa shape index (κ3) is 2.81. The van der Waals surface area contributed by atoms with Crippen molar-refractivity contribution in [2.75, 3.05) is 11.9 Å². The number of benzene rings is 1. The normalized spacial score (nSPS) is 11.1. The summed E-state index contributed by atoms with van der Waals surface area (Å²) >= 11 is 0. The van der Waals surface area contributed by atoms with Gasteiger partial charge in [-0.15, -0.1) is 0 Å². The Morgan fingerprint density at radius 3 is 2.29 bits per heavy atom. The number of para-hydroxylation sites is 1. The van der Waals surface area contributed by atoms with Gasteiger partial charge in [-0.3, -0.25) is 4.79 Å². The Morgan fingerprint density at radius 2 is 1.82 bits per heavy atom. The molecule has 92 valence electrons. The van der Waals surface area contributed by atoms with Gasteiger partial charge in [0.05, 0.1) is 11.3 Å². The molecule has 0 spiro atoms. The maximum absolute atomic E-state index is 13.5. The van der Waals surface area contributed by atoms with E-state index in [9.17, 15) is 14.0 Å². The second kappa shape index (κ2) is 4.53. The molecule has 1 aromatic rings. The fraction of sp³-hybridized carbons (Fsp3) is 0.333. The van der Waals surface area contributed by atoms with Crippen molar-refractivity contribution >= 4 is 17.6 Å². The van der Waals surface area contributed by atoms with Crippen molar-refractivity contribution in [1.82, 2.24) is 0 Å². The lowest BCUT2D eigenvalue weighted by Gasteiger charge is -2.24. The van der Waals surface area contributed by atoms with Gasteiger partial charge in [0.2, 0.25) is 0 Å². The zero-order chi connectivity index (χ0) is 13.2. The molecule has 0 saturated carbocycles. The minimum Gasteiger partial charge on any atom is -0.478 e. The van der Waals surface area contributed by atoms with Gasteiger partial charge in [-0.1, -0.05) is 12.1 Å². The highest BCUT2D eigenvalue weighted by Crippen LogP contribution is 2.23. The van der Waals surface area contributed by atoms with Crippen molar-refractivity contribution in [2.45, 2.75) is 19.5 Å². The van der Waals surface area contributed by atoms with Crippen molar-refractivity contribution in [3.8, 4) is 0 Å². The molecule has 5 heteroatoms. The van der Waals surface area contributed by atoms with Gasteiger partial charge < -0.3 is 10.0 Å². The van der Waals surface area contributed by atoms with E-state index in [0.29, 0.717) is 0 Å². The summed E-state index contributed by atoms with van der Waals surface area (Å²) in [6.07, 6.45) is 0. The number of rotatable bonds is 3. The molecule has 4 nitrogen and oxygen atoms in total. The zero-order valence-corrected chi connectivity index (χ0v) is 9.90. The third-order valence-electron chi connectivity index (χ3n) is 2.31. The lowest BCUT2D eigenvalue weighted by atomic mass is 10.1. The Balaban J connectivity index is 3.17. The average Bonchev–Trinajstić information content (AvgIpc) is 2.25. The lowest BCUT2D eigenvalue weighted by molar-refractivity contribution is -0.127. The highest BCUT2D eigenvalue weighted by Gasteiger charge is 2.31. The molecule has 0 aliphatic carbocycles. The first kappa shape index (κ1) is 13.2. The number of carbonyl (C=O) groups excluding carboxylic acids is 1. The molecule has 0 atom stereocenters. The second-order valence-electron chi connectivity index (χ2n) is 4.16. The molecule has 0 aliphatic rings. The first-order valence-electron chi connectivity index (χ1n) is 5.04. The SMILES string of the molecule is CN(C(=O)C(C)(C)F)c1ccccc1C(=O)O. The fourth-order valence-corrected chi connectivity index (χ4v) is 1.46. The minimum absolute atomic E-state index is 0.0346. The van der Waals surface area contributed by atoms with E-state index in [1.54, 1.807) is 12.1 Å². The molecule has 1 N–H and O–H groups in total. The molecule has 0 aromatic heterocycles. The molecule has 17 heavy (non-hydrogen) atoms. The number of anilines is 1. The summed E-state index contributed by atoms with van der Waals surface area (Å²) in [6.45, 7) is 2.27.